The topological polar surface area (TPSA) is 30.5 Å². The van der Waals surface area contributed by atoms with Crippen molar-refractivity contribution in [2.24, 2.45) is 0 Å². The van der Waals surface area contributed by atoms with Crippen LogP contribution in [0, 0.1) is 0 Å². The predicted octanol–water partition coefficient (Wildman–Crippen LogP) is 2.31. The highest BCUT2D eigenvalue weighted by Crippen LogP contribution is 2.33. The monoisotopic (exact) mass is 235 g/mol. The van der Waals surface area contributed by atoms with E-state index in [2.05, 4.69) is 23.5 Å². The van der Waals surface area contributed by atoms with Gasteiger partial charge in [-0.15, -0.1) is 0 Å². The third-order valence-electron chi connectivity index (χ3n) is 3.28. The minimum atomic E-state index is 0.0968. The van der Waals surface area contributed by atoms with Crippen molar-refractivity contribution in [3.63, 3.8) is 0 Å². The van der Waals surface area contributed by atoms with Gasteiger partial charge in [0.2, 0.25) is 0 Å². The van der Waals surface area contributed by atoms with Gasteiger partial charge in [-0.3, -0.25) is 0 Å². The number of aryl methyl sites for hydroxylation is 1. The summed E-state index contributed by atoms with van der Waals surface area (Å²) in [5.74, 6) is 0.949. The molecule has 1 aromatic rings. The van der Waals surface area contributed by atoms with E-state index in [0.717, 1.165) is 12.2 Å². The van der Waals surface area contributed by atoms with Crippen LogP contribution in [0.2, 0.25) is 0 Å². The number of methoxy groups -OCH3 is 1. The SMILES string of the molecule is CNC1CCc2cc(OC(C)COC)ccc21. The second kappa shape index (κ2) is 5.52. The molecule has 94 valence electrons. The number of hydrogen-bond acceptors (Lipinski definition) is 3. The fourth-order valence-corrected chi connectivity index (χ4v) is 2.47. The van der Waals surface area contributed by atoms with E-state index in [9.17, 15) is 0 Å². The number of nitrogens with one attached hydrogen (secondary N) is 1. The highest BCUT2D eigenvalue weighted by molar-refractivity contribution is 5.40. The van der Waals surface area contributed by atoms with Crippen molar-refractivity contribution in [2.45, 2.75) is 31.9 Å². The average molecular weight is 235 g/mol. The molecule has 2 atom stereocenters. The van der Waals surface area contributed by atoms with Gasteiger partial charge < -0.3 is 14.8 Å². The van der Waals surface area contributed by atoms with Crippen LogP contribution in [0.1, 0.15) is 30.5 Å². The number of fused-ring (bicyclic) bond motifs is 1. The summed E-state index contributed by atoms with van der Waals surface area (Å²) < 4.78 is 10.9. The molecule has 0 saturated heterocycles. The van der Waals surface area contributed by atoms with Crippen LogP contribution in [0.5, 0.6) is 5.75 Å². The molecule has 17 heavy (non-hydrogen) atoms. The lowest BCUT2D eigenvalue weighted by molar-refractivity contribution is 0.0920. The molecule has 1 aliphatic carbocycles. The van der Waals surface area contributed by atoms with Gasteiger partial charge in [-0.1, -0.05) is 6.07 Å². The fraction of sp³-hybridized carbons (Fsp3) is 0.571. The molecule has 2 rings (SSSR count). The Morgan fingerprint density at radius 2 is 2.29 bits per heavy atom. The first-order valence-electron chi connectivity index (χ1n) is 6.20. The summed E-state index contributed by atoms with van der Waals surface area (Å²) in [5, 5.41) is 3.34. The quantitative estimate of drug-likeness (QED) is 0.849. The number of benzene rings is 1. The molecule has 0 aromatic heterocycles. The Labute approximate surface area is 103 Å². The molecule has 1 N–H and O–H groups in total. The molecule has 0 radical (unpaired) electrons. The van der Waals surface area contributed by atoms with Crippen molar-refractivity contribution < 1.29 is 9.47 Å². The van der Waals surface area contributed by atoms with E-state index in [1.54, 1.807) is 7.11 Å². The maximum Gasteiger partial charge on any atom is 0.120 e. The molecule has 0 saturated carbocycles. The minimum absolute atomic E-state index is 0.0968. The van der Waals surface area contributed by atoms with E-state index >= 15 is 0 Å². The van der Waals surface area contributed by atoms with Crippen LogP contribution in [0.25, 0.3) is 0 Å². The van der Waals surface area contributed by atoms with Gasteiger partial charge in [0.1, 0.15) is 11.9 Å². The van der Waals surface area contributed by atoms with Crippen LogP contribution < -0.4 is 10.1 Å². The second-order valence-electron chi connectivity index (χ2n) is 4.62. The van der Waals surface area contributed by atoms with Crippen molar-refractivity contribution in [3.8, 4) is 5.75 Å². The van der Waals surface area contributed by atoms with E-state index < -0.39 is 0 Å². The first-order valence-corrected chi connectivity index (χ1v) is 6.20. The Morgan fingerprint density at radius 3 is 3.00 bits per heavy atom. The molecule has 3 heteroatoms. The van der Waals surface area contributed by atoms with Crippen LogP contribution in [-0.4, -0.2) is 26.9 Å². The predicted molar refractivity (Wildman–Crippen MR) is 68.5 cm³/mol. The summed E-state index contributed by atoms with van der Waals surface area (Å²) in [5.41, 5.74) is 2.82. The van der Waals surface area contributed by atoms with Crippen LogP contribution >= 0.6 is 0 Å². The standard InChI is InChI=1S/C14H21NO2/c1-10(9-16-3)17-12-5-6-13-11(8-12)4-7-14(13)15-2/h5-6,8,10,14-15H,4,7,9H2,1-3H3. The fourth-order valence-electron chi connectivity index (χ4n) is 2.47. The van der Waals surface area contributed by atoms with Crippen molar-refractivity contribution >= 4 is 0 Å². The molecule has 0 bridgehead atoms. The van der Waals surface area contributed by atoms with Crippen LogP contribution in [0.4, 0.5) is 0 Å². The van der Waals surface area contributed by atoms with Crippen molar-refractivity contribution in [1.29, 1.82) is 0 Å². The lowest BCUT2D eigenvalue weighted by atomic mass is 10.1. The number of hydrogen-bond donors (Lipinski definition) is 1. The molecule has 0 heterocycles. The molecule has 0 amide bonds. The smallest absolute Gasteiger partial charge is 0.120 e. The largest absolute Gasteiger partial charge is 0.488 e. The number of rotatable bonds is 5. The highest BCUT2D eigenvalue weighted by Gasteiger charge is 2.21. The Kier molecular flexibility index (Phi) is 4.02. The molecular formula is C14H21NO2. The van der Waals surface area contributed by atoms with E-state index in [1.807, 2.05) is 14.0 Å². The lowest BCUT2D eigenvalue weighted by Crippen LogP contribution is -2.18. The van der Waals surface area contributed by atoms with Gasteiger partial charge in [-0.25, -0.2) is 0 Å². The maximum atomic E-state index is 5.80. The zero-order valence-corrected chi connectivity index (χ0v) is 10.8. The summed E-state index contributed by atoms with van der Waals surface area (Å²) in [7, 11) is 3.71. The van der Waals surface area contributed by atoms with Gasteiger partial charge in [0.15, 0.2) is 0 Å². The molecule has 0 fully saturated rings. The molecule has 1 aromatic carbocycles. The third kappa shape index (κ3) is 2.79. The average Bonchev–Trinajstić information content (AvgIpc) is 2.71. The molecule has 3 nitrogen and oxygen atoms in total. The van der Waals surface area contributed by atoms with Gasteiger partial charge >= 0.3 is 0 Å². The summed E-state index contributed by atoms with van der Waals surface area (Å²) in [6.07, 6.45) is 2.42. The third-order valence-corrected chi connectivity index (χ3v) is 3.28. The first kappa shape index (κ1) is 12.4. The number of ether oxygens (including phenoxy) is 2. The summed E-state index contributed by atoms with van der Waals surface area (Å²) in [6.45, 7) is 2.64. The maximum absolute atomic E-state index is 5.80. The van der Waals surface area contributed by atoms with Crippen LogP contribution in [0.3, 0.4) is 0 Å². The summed E-state index contributed by atoms with van der Waals surface area (Å²) in [4.78, 5) is 0. The van der Waals surface area contributed by atoms with E-state index in [-0.39, 0.29) is 6.10 Å². The minimum Gasteiger partial charge on any atom is -0.488 e. The molecular weight excluding hydrogens is 214 g/mol. The summed E-state index contributed by atoms with van der Waals surface area (Å²) in [6, 6.07) is 6.91. The zero-order valence-electron chi connectivity index (χ0n) is 10.8. The zero-order chi connectivity index (χ0) is 12.3. The van der Waals surface area contributed by atoms with E-state index in [1.165, 1.54) is 17.5 Å². The van der Waals surface area contributed by atoms with Crippen molar-refractivity contribution in [3.05, 3.63) is 29.3 Å². The lowest BCUT2D eigenvalue weighted by Gasteiger charge is -2.15. The Balaban J connectivity index is 2.07. The van der Waals surface area contributed by atoms with Crippen LogP contribution in [-0.2, 0) is 11.2 Å². The normalized spacial score (nSPS) is 20.1. The molecule has 0 spiro atoms. The van der Waals surface area contributed by atoms with Gasteiger partial charge in [-0.05, 0) is 50.1 Å². The Bertz CT molecular complexity index is 378. The molecule has 1 aliphatic rings. The Hall–Kier alpha value is -1.06. The first-order chi connectivity index (χ1) is 8.24. The van der Waals surface area contributed by atoms with Crippen molar-refractivity contribution in [1.82, 2.24) is 5.32 Å². The van der Waals surface area contributed by atoms with Gasteiger partial charge in [0.05, 0.1) is 6.61 Å². The molecule has 0 aliphatic heterocycles. The highest BCUT2D eigenvalue weighted by atomic mass is 16.5. The summed E-state index contributed by atoms with van der Waals surface area (Å²) >= 11 is 0. The second-order valence-corrected chi connectivity index (χ2v) is 4.62. The van der Waals surface area contributed by atoms with E-state index in [4.69, 9.17) is 9.47 Å². The van der Waals surface area contributed by atoms with E-state index in [0.29, 0.717) is 12.6 Å². The van der Waals surface area contributed by atoms with Gasteiger partial charge in [-0.2, -0.15) is 0 Å². The van der Waals surface area contributed by atoms with Gasteiger partial charge in [0, 0.05) is 13.2 Å². The van der Waals surface area contributed by atoms with Crippen molar-refractivity contribution in [2.75, 3.05) is 20.8 Å². The molecule has 2 unspecified atom stereocenters. The Morgan fingerprint density at radius 1 is 1.47 bits per heavy atom. The van der Waals surface area contributed by atoms with Gasteiger partial charge in [0.25, 0.3) is 0 Å². The van der Waals surface area contributed by atoms with Crippen LogP contribution in [0.15, 0.2) is 18.2 Å².